The van der Waals surface area contributed by atoms with Crippen molar-refractivity contribution in [3.63, 3.8) is 0 Å². The summed E-state index contributed by atoms with van der Waals surface area (Å²) in [5.74, 6) is 0.371. The van der Waals surface area contributed by atoms with Crippen molar-refractivity contribution in [1.29, 1.82) is 0 Å². The third kappa shape index (κ3) is 3.52. The molecule has 1 N–H and O–H groups in total. The molecule has 2 aromatic heterocycles. The Bertz CT molecular complexity index is 868. The summed E-state index contributed by atoms with van der Waals surface area (Å²) in [5.41, 5.74) is 1.93. The van der Waals surface area contributed by atoms with E-state index in [1.165, 1.54) is 10.9 Å². The van der Waals surface area contributed by atoms with E-state index in [1.54, 1.807) is 19.2 Å². The standard InChI is InChI=1S/C14H11ClF2IN5/c1-7-12(5-20-23(7)6-13(16)17)22-14-19-4-8-2-9(15)10(18)3-11(8)21-14/h2-5,13H,6H2,1H3,(H,19,21,22). The molecule has 0 radical (unpaired) electrons. The molecule has 3 aromatic rings. The minimum atomic E-state index is -2.45. The predicted octanol–water partition coefficient (Wildman–Crippen LogP) is 4.40. The van der Waals surface area contributed by atoms with Crippen LogP contribution in [0.25, 0.3) is 10.9 Å². The smallest absolute Gasteiger partial charge is 0.257 e. The molecule has 23 heavy (non-hydrogen) atoms. The maximum absolute atomic E-state index is 12.5. The molecular weight excluding hydrogens is 439 g/mol. The number of nitrogens with one attached hydrogen (secondary N) is 1. The van der Waals surface area contributed by atoms with E-state index >= 15 is 0 Å². The Morgan fingerprint density at radius 2 is 2.13 bits per heavy atom. The average molecular weight is 450 g/mol. The van der Waals surface area contributed by atoms with Crippen molar-refractivity contribution in [1.82, 2.24) is 19.7 Å². The first kappa shape index (κ1) is 16.3. The fourth-order valence-electron chi connectivity index (χ4n) is 2.09. The lowest BCUT2D eigenvalue weighted by atomic mass is 10.2. The van der Waals surface area contributed by atoms with Crippen LogP contribution in [0.5, 0.6) is 0 Å². The molecule has 120 valence electrons. The quantitative estimate of drug-likeness (QED) is 0.600. The van der Waals surface area contributed by atoms with E-state index in [1.807, 2.05) is 6.07 Å². The lowest BCUT2D eigenvalue weighted by Gasteiger charge is -2.07. The molecule has 5 nitrogen and oxygen atoms in total. The summed E-state index contributed by atoms with van der Waals surface area (Å²) in [7, 11) is 0. The van der Waals surface area contributed by atoms with Gasteiger partial charge in [0, 0.05) is 15.2 Å². The molecule has 1 aromatic carbocycles. The molecule has 0 atom stereocenters. The molecule has 0 amide bonds. The first-order valence-electron chi connectivity index (χ1n) is 6.63. The molecule has 0 unspecified atom stereocenters. The normalized spacial score (nSPS) is 11.4. The highest BCUT2D eigenvalue weighted by Crippen LogP contribution is 2.25. The van der Waals surface area contributed by atoms with Gasteiger partial charge in [-0.2, -0.15) is 5.10 Å². The fourth-order valence-corrected chi connectivity index (χ4v) is 2.71. The molecule has 0 aliphatic carbocycles. The van der Waals surface area contributed by atoms with Crippen LogP contribution in [0.3, 0.4) is 0 Å². The third-order valence-corrected chi connectivity index (χ3v) is 4.81. The summed E-state index contributed by atoms with van der Waals surface area (Å²) in [6.07, 6.45) is 0.688. The zero-order valence-electron chi connectivity index (χ0n) is 11.9. The largest absolute Gasteiger partial charge is 0.321 e. The van der Waals surface area contributed by atoms with Crippen molar-refractivity contribution in [3.8, 4) is 0 Å². The molecule has 0 saturated carbocycles. The van der Waals surface area contributed by atoms with E-state index in [4.69, 9.17) is 11.6 Å². The highest BCUT2D eigenvalue weighted by Gasteiger charge is 2.12. The molecule has 0 aliphatic rings. The summed E-state index contributed by atoms with van der Waals surface area (Å²) in [5, 5.41) is 8.42. The fraction of sp³-hybridized carbons (Fsp3) is 0.214. The van der Waals surface area contributed by atoms with Gasteiger partial charge in [-0.25, -0.2) is 18.7 Å². The Balaban J connectivity index is 1.90. The van der Waals surface area contributed by atoms with Gasteiger partial charge in [-0.05, 0) is 41.6 Å². The number of hydrogen-bond acceptors (Lipinski definition) is 4. The molecule has 3 rings (SSSR count). The van der Waals surface area contributed by atoms with Crippen molar-refractivity contribution in [2.75, 3.05) is 5.32 Å². The van der Waals surface area contributed by atoms with Gasteiger partial charge in [0.2, 0.25) is 5.95 Å². The van der Waals surface area contributed by atoms with Crippen LogP contribution in [0.4, 0.5) is 20.4 Å². The van der Waals surface area contributed by atoms with Crippen LogP contribution in [0.1, 0.15) is 5.69 Å². The van der Waals surface area contributed by atoms with Crippen LogP contribution in [0, 0.1) is 10.5 Å². The zero-order chi connectivity index (χ0) is 16.6. The highest BCUT2D eigenvalue weighted by molar-refractivity contribution is 14.1. The highest BCUT2D eigenvalue weighted by atomic mass is 127. The number of aromatic nitrogens is 4. The van der Waals surface area contributed by atoms with E-state index in [0.717, 1.165) is 14.5 Å². The predicted molar refractivity (Wildman–Crippen MR) is 93.5 cm³/mol. The second kappa shape index (κ2) is 6.52. The molecular formula is C14H11ClF2IN5. The average Bonchev–Trinajstić information content (AvgIpc) is 2.81. The van der Waals surface area contributed by atoms with Gasteiger partial charge in [0.25, 0.3) is 6.43 Å². The van der Waals surface area contributed by atoms with Crippen molar-refractivity contribution in [3.05, 3.63) is 38.8 Å². The topological polar surface area (TPSA) is 55.6 Å². The molecule has 0 fully saturated rings. The first-order valence-corrected chi connectivity index (χ1v) is 8.09. The Kier molecular flexibility index (Phi) is 4.62. The maximum atomic E-state index is 12.5. The van der Waals surface area contributed by atoms with E-state index in [2.05, 4.69) is 43.0 Å². The summed E-state index contributed by atoms with van der Waals surface area (Å²) in [6.45, 7) is 1.27. The molecule has 0 aliphatic heterocycles. The van der Waals surface area contributed by atoms with E-state index in [-0.39, 0.29) is 0 Å². The van der Waals surface area contributed by atoms with Gasteiger partial charge in [-0.1, -0.05) is 11.6 Å². The van der Waals surface area contributed by atoms with Crippen LogP contribution in [-0.2, 0) is 6.54 Å². The van der Waals surface area contributed by atoms with E-state index < -0.39 is 13.0 Å². The van der Waals surface area contributed by atoms with Crippen molar-refractivity contribution in [2.24, 2.45) is 0 Å². The Morgan fingerprint density at radius 3 is 2.87 bits per heavy atom. The van der Waals surface area contributed by atoms with Crippen LogP contribution in [0.15, 0.2) is 24.5 Å². The van der Waals surface area contributed by atoms with Crippen molar-refractivity contribution >= 4 is 56.7 Å². The van der Waals surface area contributed by atoms with Gasteiger partial charge >= 0.3 is 0 Å². The number of fused-ring (bicyclic) bond motifs is 1. The molecule has 0 bridgehead atoms. The van der Waals surface area contributed by atoms with Crippen LogP contribution in [0.2, 0.25) is 5.02 Å². The van der Waals surface area contributed by atoms with Gasteiger partial charge in [-0.15, -0.1) is 0 Å². The lowest BCUT2D eigenvalue weighted by Crippen LogP contribution is -2.09. The number of alkyl halides is 2. The van der Waals surface area contributed by atoms with Crippen molar-refractivity contribution in [2.45, 2.75) is 19.9 Å². The van der Waals surface area contributed by atoms with Crippen LogP contribution in [-0.4, -0.2) is 26.2 Å². The third-order valence-electron chi connectivity index (χ3n) is 3.28. The van der Waals surface area contributed by atoms with Gasteiger partial charge in [0.05, 0.1) is 28.1 Å². The van der Waals surface area contributed by atoms with Gasteiger partial charge in [-0.3, -0.25) is 4.68 Å². The number of halogens is 4. The second-order valence-electron chi connectivity index (χ2n) is 4.86. The Hall–Kier alpha value is -1.55. The van der Waals surface area contributed by atoms with Crippen molar-refractivity contribution < 1.29 is 8.78 Å². The van der Waals surface area contributed by atoms with Crippen LogP contribution >= 0.6 is 34.2 Å². The minimum Gasteiger partial charge on any atom is -0.321 e. The number of hydrogen-bond donors (Lipinski definition) is 1. The molecule has 2 heterocycles. The second-order valence-corrected chi connectivity index (χ2v) is 6.43. The number of rotatable bonds is 4. The molecule has 0 saturated heterocycles. The molecule has 9 heteroatoms. The first-order chi connectivity index (χ1) is 10.9. The maximum Gasteiger partial charge on any atom is 0.257 e. The number of anilines is 2. The zero-order valence-corrected chi connectivity index (χ0v) is 14.8. The number of benzene rings is 1. The van der Waals surface area contributed by atoms with E-state index in [9.17, 15) is 8.78 Å². The van der Waals surface area contributed by atoms with Gasteiger partial charge in [0.15, 0.2) is 0 Å². The molecule has 0 spiro atoms. The number of nitrogens with zero attached hydrogens (tertiary/aromatic N) is 4. The van der Waals surface area contributed by atoms with Gasteiger partial charge in [0.1, 0.15) is 6.54 Å². The Labute approximate surface area is 149 Å². The van der Waals surface area contributed by atoms with E-state index in [0.29, 0.717) is 22.4 Å². The summed E-state index contributed by atoms with van der Waals surface area (Å²) < 4.78 is 27.1. The van der Waals surface area contributed by atoms with Gasteiger partial charge < -0.3 is 5.32 Å². The Morgan fingerprint density at radius 1 is 1.35 bits per heavy atom. The summed E-state index contributed by atoms with van der Waals surface area (Å²) >= 11 is 8.20. The lowest BCUT2D eigenvalue weighted by molar-refractivity contribution is 0.121. The summed E-state index contributed by atoms with van der Waals surface area (Å²) in [4.78, 5) is 8.63. The summed E-state index contributed by atoms with van der Waals surface area (Å²) in [6, 6.07) is 3.66. The minimum absolute atomic E-state index is 0.371. The SMILES string of the molecule is Cc1c(Nc2ncc3cc(Cl)c(I)cc3n2)cnn1CC(F)F. The van der Waals surface area contributed by atoms with Crippen LogP contribution < -0.4 is 5.32 Å². The monoisotopic (exact) mass is 449 g/mol.